The van der Waals surface area contributed by atoms with E-state index in [1.807, 2.05) is 50.2 Å². The lowest BCUT2D eigenvalue weighted by atomic mass is 10.1. The Bertz CT molecular complexity index is 983. The van der Waals surface area contributed by atoms with E-state index in [0.29, 0.717) is 23.9 Å². The standard InChI is InChI=1S/C22H24N4O3/c1-14-7-15(2)9-17(8-14)26-22(27)18-12-25-21(13-23-18)24-11-16-5-6-19(28-3)20(10-16)29-4/h5-10,12-13H,11H2,1-4H3,(H,24,25)(H,26,27). The van der Waals surface area contributed by atoms with Crippen molar-refractivity contribution in [2.75, 3.05) is 24.9 Å². The number of nitrogens with zero attached hydrogens (tertiary/aromatic N) is 2. The van der Waals surface area contributed by atoms with Gasteiger partial charge in [-0.15, -0.1) is 0 Å². The number of benzene rings is 2. The fourth-order valence-corrected chi connectivity index (χ4v) is 2.96. The van der Waals surface area contributed by atoms with Crippen LogP contribution in [0.1, 0.15) is 27.2 Å². The average Bonchev–Trinajstić information content (AvgIpc) is 2.71. The number of aromatic nitrogens is 2. The molecule has 3 rings (SSSR count). The fourth-order valence-electron chi connectivity index (χ4n) is 2.96. The Morgan fingerprint density at radius 3 is 2.28 bits per heavy atom. The van der Waals surface area contributed by atoms with Crippen LogP contribution in [0.4, 0.5) is 11.5 Å². The van der Waals surface area contributed by atoms with Crippen LogP contribution in [-0.2, 0) is 6.54 Å². The Labute approximate surface area is 170 Å². The van der Waals surface area contributed by atoms with Crippen LogP contribution in [0, 0.1) is 13.8 Å². The number of nitrogens with one attached hydrogen (secondary N) is 2. The summed E-state index contributed by atoms with van der Waals surface area (Å²) in [6.45, 7) is 4.51. The Balaban J connectivity index is 1.62. The van der Waals surface area contributed by atoms with Gasteiger partial charge < -0.3 is 20.1 Å². The summed E-state index contributed by atoms with van der Waals surface area (Å²) in [6, 6.07) is 11.6. The molecule has 3 aromatic rings. The van der Waals surface area contributed by atoms with Gasteiger partial charge in [0.1, 0.15) is 11.5 Å². The average molecular weight is 392 g/mol. The number of hydrogen-bond donors (Lipinski definition) is 2. The number of methoxy groups -OCH3 is 2. The molecular formula is C22H24N4O3. The van der Waals surface area contributed by atoms with Crippen LogP contribution < -0.4 is 20.1 Å². The summed E-state index contributed by atoms with van der Waals surface area (Å²) < 4.78 is 10.5. The van der Waals surface area contributed by atoms with Crippen LogP contribution in [0.2, 0.25) is 0 Å². The molecule has 0 aliphatic rings. The number of hydrogen-bond acceptors (Lipinski definition) is 6. The van der Waals surface area contributed by atoms with Crippen LogP contribution in [0.15, 0.2) is 48.8 Å². The first-order valence-corrected chi connectivity index (χ1v) is 9.15. The van der Waals surface area contributed by atoms with Gasteiger partial charge in [0.05, 0.1) is 26.6 Å². The summed E-state index contributed by atoms with van der Waals surface area (Å²) in [5.41, 5.74) is 4.16. The van der Waals surface area contributed by atoms with Crippen molar-refractivity contribution in [3.05, 3.63) is 71.2 Å². The number of anilines is 2. The van der Waals surface area contributed by atoms with Crippen molar-refractivity contribution in [2.45, 2.75) is 20.4 Å². The van der Waals surface area contributed by atoms with Crippen molar-refractivity contribution in [3.63, 3.8) is 0 Å². The molecule has 150 valence electrons. The molecule has 0 spiro atoms. The minimum Gasteiger partial charge on any atom is -0.493 e. The Kier molecular flexibility index (Phi) is 6.29. The third-order valence-corrected chi connectivity index (χ3v) is 4.29. The summed E-state index contributed by atoms with van der Waals surface area (Å²) in [4.78, 5) is 20.9. The molecule has 0 aliphatic heterocycles. The van der Waals surface area contributed by atoms with E-state index in [0.717, 1.165) is 22.4 Å². The highest BCUT2D eigenvalue weighted by Crippen LogP contribution is 2.27. The van der Waals surface area contributed by atoms with Crippen LogP contribution in [-0.4, -0.2) is 30.1 Å². The highest BCUT2D eigenvalue weighted by atomic mass is 16.5. The van der Waals surface area contributed by atoms with Crippen molar-refractivity contribution in [2.24, 2.45) is 0 Å². The van der Waals surface area contributed by atoms with Crippen LogP contribution in [0.5, 0.6) is 11.5 Å². The van der Waals surface area contributed by atoms with Gasteiger partial charge in [0.25, 0.3) is 5.91 Å². The molecule has 0 unspecified atom stereocenters. The number of rotatable bonds is 7. The molecule has 1 aromatic heterocycles. The van der Waals surface area contributed by atoms with E-state index < -0.39 is 0 Å². The van der Waals surface area contributed by atoms with E-state index in [-0.39, 0.29) is 11.6 Å². The molecule has 0 bridgehead atoms. The molecule has 1 amide bonds. The van der Waals surface area contributed by atoms with Gasteiger partial charge >= 0.3 is 0 Å². The lowest BCUT2D eigenvalue weighted by Crippen LogP contribution is -2.14. The fraction of sp³-hybridized carbons (Fsp3) is 0.227. The number of amides is 1. The monoisotopic (exact) mass is 392 g/mol. The summed E-state index contributed by atoms with van der Waals surface area (Å²) >= 11 is 0. The molecule has 7 nitrogen and oxygen atoms in total. The number of ether oxygens (including phenoxy) is 2. The summed E-state index contributed by atoms with van der Waals surface area (Å²) in [5.74, 6) is 1.61. The third kappa shape index (κ3) is 5.22. The maximum atomic E-state index is 12.4. The number of carbonyl (C=O) groups is 1. The van der Waals surface area contributed by atoms with E-state index in [9.17, 15) is 4.79 Å². The van der Waals surface area contributed by atoms with E-state index in [4.69, 9.17) is 9.47 Å². The Morgan fingerprint density at radius 1 is 0.931 bits per heavy atom. The van der Waals surface area contributed by atoms with Crippen LogP contribution in [0.25, 0.3) is 0 Å². The lowest BCUT2D eigenvalue weighted by molar-refractivity contribution is 0.102. The molecule has 0 atom stereocenters. The minimum absolute atomic E-state index is 0.251. The van der Waals surface area contributed by atoms with Gasteiger partial charge in [-0.1, -0.05) is 12.1 Å². The summed E-state index contributed by atoms with van der Waals surface area (Å²) in [5, 5.41) is 6.03. The topological polar surface area (TPSA) is 85.4 Å². The second-order valence-electron chi connectivity index (χ2n) is 6.66. The zero-order valence-electron chi connectivity index (χ0n) is 16.9. The van der Waals surface area contributed by atoms with Gasteiger partial charge in [-0.25, -0.2) is 9.97 Å². The first kappa shape index (κ1) is 20.1. The van der Waals surface area contributed by atoms with E-state index in [2.05, 4.69) is 20.6 Å². The molecule has 2 N–H and O–H groups in total. The first-order valence-electron chi connectivity index (χ1n) is 9.15. The second-order valence-corrected chi connectivity index (χ2v) is 6.66. The zero-order chi connectivity index (χ0) is 20.8. The molecule has 2 aromatic carbocycles. The minimum atomic E-state index is -0.297. The van der Waals surface area contributed by atoms with Gasteiger partial charge in [-0.05, 0) is 54.8 Å². The molecule has 7 heteroatoms. The molecule has 0 radical (unpaired) electrons. The SMILES string of the molecule is COc1ccc(CNc2cnc(C(=O)Nc3cc(C)cc(C)c3)cn2)cc1OC. The second kappa shape index (κ2) is 9.05. The van der Waals surface area contributed by atoms with E-state index >= 15 is 0 Å². The maximum Gasteiger partial charge on any atom is 0.275 e. The Hall–Kier alpha value is -3.61. The Morgan fingerprint density at radius 2 is 1.66 bits per heavy atom. The van der Waals surface area contributed by atoms with Crippen molar-refractivity contribution in [3.8, 4) is 11.5 Å². The van der Waals surface area contributed by atoms with Gasteiger partial charge in [-0.3, -0.25) is 4.79 Å². The molecule has 0 saturated carbocycles. The quantitative estimate of drug-likeness (QED) is 0.633. The maximum absolute atomic E-state index is 12.4. The van der Waals surface area contributed by atoms with E-state index in [1.54, 1.807) is 14.2 Å². The first-order chi connectivity index (χ1) is 14.0. The molecule has 0 saturated heterocycles. The van der Waals surface area contributed by atoms with Crippen molar-refractivity contribution in [1.82, 2.24) is 9.97 Å². The number of carbonyl (C=O) groups excluding carboxylic acids is 1. The highest BCUT2D eigenvalue weighted by molar-refractivity contribution is 6.02. The third-order valence-electron chi connectivity index (χ3n) is 4.29. The number of aryl methyl sites for hydroxylation is 2. The van der Waals surface area contributed by atoms with Gasteiger partial charge in [0.2, 0.25) is 0 Å². The zero-order valence-corrected chi connectivity index (χ0v) is 16.9. The molecule has 1 heterocycles. The highest BCUT2D eigenvalue weighted by Gasteiger charge is 2.10. The van der Waals surface area contributed by atoms with Gasteiger partial charge in [0, 0.05) is 12.2 Å². The van der Waals surface area contributed by atoms with Crippen molar-refractivity contribution in [1.29, 1.82) is 0 Å². The summed E-state index contributed by atoms with van der Waals surface area (Å²) in [7, 11) is 3.20. The van der Waals surface area contributed by atoms with Crippen molar-refractivity contribution < 1.29 is 14.3 Å². The molecular weight excluding hydrogens is 368 g/mol. The summed E-state index contributed by atoms with van der Waals surface area (Å²) in [6.07, 6.45) is 2.99. The van der Waals surface area contributed by atoms with Crippen molar-refractivity contribution >= 4 is 17.4 Å². The van der Waals surface area contributed by atoms with Crippen LogP contribution >= 0.6 is 0 Å². The van der Waals surface area contributed by atoms with Gasteiger partial charge in [-0.2, -0.15) is 0 Å². The molecule has 0 aliphatic carbocycles. The predicted octanol–water partition coefficient (Wildman–Crippen LogP) is 3.98. The molecule has 0 fully saturated rings. The van der Waals surface area contributed by atoms with E-state index in [1.165, 1.54) is 12.4 Å². The largest absolute Gasteiger partial charge is 0.493 e. The lowest BCUT2D eigenvalue weighted by Gasteiger charge is -2.11. The van der Waals surface area contributed by atoms with Crippen LogP contribution in [0.3, 0.4) is 0 Å². The van der Waals surface area contributed by atoms with Gasteiger partial charge in [0.15, 0.2) is 11.5 Å². The smallest absolute Gasteiger partial charge is 0.275 e. The normalized spacial score (nSPS) is 10.3. The molecule has 29 heavy (non-hydrogen) atoms. The predicted molar refractivity (Wildman–Crippen MR) is 113 cm³/mol.